The zero-order valence-electron chi connectivity index (χ0n) is 28.6. The van der Waals surface area contributed by atoms with E-state index in [9.17, 15) is 14.2 Å². The molecular weight excluding hydrogens is 661 g/mol. The van der Waals surface area contributed by atoms with Gasteiger partial charge in [0, 0.05) is 22.7 Å². The zero-order valence-corrected chi connectivity index (χ0v) is 29.5. The molecule has 266 valence electrons. The molecule has 0 aliphatic carbocycles. The van der Waals surface area contributed by atoms with Gasteiger partial charge in [0.1, 0.15) is 42.1 Å². The Morgan fingerprint density at radius 1 is 0.880 bits per heavy atom. The molecule has 4 atom stereocenters. The van der Waals surface area contributed by atoms with Crippen LogP contribution in [0.15, 0.2) is 94.6 Å². The summed E-state index contributed by atoms with van der Waals surface area (Å²) in [6.45, 7) is 2.47. The molecule has 1 aliphatic rings. The first kappa shape index (κ1) is 37.1. The average molecular weight is 707 g/mol. The lowest BCUT2D eigenvalue weighted by molar-refractivity contribution is -0.0920. The van der Waals surface area contributed by atoms with Crippen molar-refractivity contribution in [3.05, 3.63) is 128 Å². The summed E-state index contributed by atoms with van der Waals surface area (Å²) < 4.78 is 50.3. The Morgan fingerprint density at radius 3 is 2.08 bits per heavy atom. The van der Waals surface area contributed by atoms with Crippen molar-refractivity contribution in [2.45, 2.75) is 63.1 Å². The fourth-order valence-corrected chi connectivity index (χ4v) is 6.88. The minimum atomic E-state index is -2.51. The standard InChI is InChI=1S/C37H44N3O9P/c1-26-24-40(36(42)39-35(26)41)34-23-32(49-50(43)47-22-10-5-4-9-21-38)33(48-34)25-46-37(27-11-7-6-8-12-27,28-13-17-30(44-2)18-14-28)29-15-19-31(45-3)20-16-29/h6-8,11-20,24,32-34H,4-5,9-10,21-23,25,38H2,1-3H3/p+1/t32-,33+,34+/m0/s1. The van der Waals surface area contributed by atoms with E-state index in [2.05, 4.69) is 4.98 Å². The van der Waals surface area contributed by atoms with Crippen molar-refractivity contribution in [1.82, 2.24) is 9.55 Å². The monoisotopic (exact) mass is 706 g/mol. The van der Waals surface area contributed by atoms with E-state index in [1.54, 1.807) is 21.1 Å². The molecule has 0 radical (unpaired) electrons. The Hall–Kier alpha value is -4.16. The van der Waals surface area contributed by atoms with Gasteiger partial charge in [-0.3, -0.25) is 14.3 Å². The van der Waals surface area contributed by atoms with E-state index in [1.165, 1.54) is 10.8 Å². The number of hydrogen-bond donors (Lipinski definition) is 2. The Labute approximate surface area is 292 Å². The van der Waals surface area contributed by atoms with E-state index >= 15 is 0 Å². The molecule has 5 rings (SSSR count). The smallest absolute Gasteiger partial charge is 0.497 e. The summed E-state index contributed by atoms with van der Waals surface area (Å²) in [6.07, 6.45) is 2.72. The van der Waals surface area contributed by atoms with Crippen molar-refractivity contribution in [3.8, 4) is 11.5 Å². The van der Waals surface area contributed by atoms with Crippen molar-refractivity contribution in [2.24, 2.45) is 5.73 Å². The highest BCUT2D eigenvalue weighted by Gasteiger charge is 2.46. The first-order valence-electron chi connectivity index (χ1n) is 16.7. The molecule has 0 spiro atoms. The highest BCUT2D eigenvalue weighted by molar-refractivity contribution is 7.33. The number of hydrogen-bond acceptors (Lipinski definition) is 10. The molecule has 2 heterocycles. The predicted molar refractivity (Wildman–Crippen MR) is 189 cm³/mol. The van der Waals surface area contributed by atoms with Crippen molar-refractivity contribution >= 4 is 8.25 Å². The molecule has 1 aliphatic heterocycles. The molecule has 0 saturated carbocycles. The zero-order chi connectivity index (χ0) is 35.5. The van der Waals surface area contributed by atoms with Crippen molar-refractivity contribution in [1.29, 1.82) is 0 Å². The third-order valence-electron chi connectivity index (χ3n) is 8.79. The lowest BCUT2D eigenvalue weighted by Crippen LogP contribution is -2.38. The number of rotatable bonds is 18. The second-order valence-electron chi connectivity index (χ2n) is 12.1. The predicted octanol–water partition coefficient (Wildman–Crippen LogP) is 5.74. The van der Waals surface area contributed by atoms with Crippen LogP contribution in [-0.2, 0) is 28.7 Å². The Kier molecular flexibility index (Phi) is 13.1. The summed E-state index contributed by atoms with van der Waals surface area (Å²) in [5, 5.41) is 0. The molecule has 13 heteroatoms. The van der Waals surface area contributed by atoms with Crippen LogP contribution in [0.3, 0.4) is 0 Å². The number of nitrogens with one attached hydrogen (secondary N) is 1. The van der Waals surface area contributed by atoms with Crippen LogP contribution in [0.4, 0.5) is 0 Å². The van der Waals surface area contributed by atoms with Crippen LogP contribution in [0.5, 0.6) is 11.5 Å². The largest absolute Gasteiger partial charge is 0.697 e. The molecular formula is C37H45N3O9P+. The molecule has 0 amide bonds. The van der Waals surface area contributed by atoms with E-state index in [-0.39, 0.29) is 19.6 Å². The molecule has 1 fully saturated rings. The van der Waals surface area contributed by atoms with Gasteiger partial charge in [-0.1, -0.05) is 67.4 Å². The molecule has 3 aromatic carbocycles. The number of ether oxygens (including phenoxy) is 4. The Bertz CT molecular complexity index is 1750. The first-order chi connectivity index (χ1) is 24.3. The van der Waals surface area contributed by atoms with Crippen LogP contribution in [0.2, 0.25) is 0 Å². The van der Waals surface area contributed by atoms with E-state index in [4.69, 9.17) is 33.7 Å². The number of benzene rings is 3. The number of H-pyrrole nitrogens is 1. The molecule has 3 N–H and O–H groups in total. The Balaban J connectivity index is 1.49. The molecule has 1 aromatic heterocycles. The summed E-state index contributed by atoms with van der Waals surface area (Å²) in [5.74, 6) is 1.37. The Morgan fingerprint density at radius 2 is 1.48 bits per heavy atom. The maximum Gasteiger partial charge on any atom is 0.697 e. The fraction of sp³-hybridized carbons (Fsp3) is 0.405. The quantitative estimate of drug-likeness (QED) is 0.0745. The van der Waals surface area contributed by atoms with Gasteiger partial charge in [0.15, 0.2) is 0 Å². The highest BCUT2D eigenvalue weighted by Crippen LogP contribution is 2.44. The van der Waals surface area contributed by atoms with Gasteiger partial charge < -0.3 is 24.7 Å². The summed E-state index contributed by atoms with van der Waals surface area (Å²) in [6, 6.07) is 25.1. The summed E-state index contributed by atoms with van der Waals surface area (Å²) in [7, 11) is 0.706. The normalized spacial score (nSPS) is 17.8. The molecule has 50 heavy (non-hydrogen) atoms. The number of aromatic nitrogens is 2. The molecule has 12 nitrogen and oxygen atoms in total. The minimum absolute atomic E-state index is 0.0343. The van der Waals surface area contributed by atoms with Crippen LogP contribution in [0, 0.1) is 6.92 Å². The number of aryl methyl sites for hydroxylation is 1. The second-order valence-corrected chi connectivity index (χ2v) is 13.0. The van der Waals surface area contributed by atoms with Gasteiger partial charge in [-0.15, -0.1) is 9.05 Å². The summed E-state index contributed by atoms with van der Waals surface area (Å²) in [5.41, 5.74) is 6.15. The van der Waals surface area contributed by atoms with E-state index in [0.717, 1.165) is 42.4 Å². The molecule has 0 bridgehead atoms. The van der Waals surface area contributed by atoms with Gasteiger partial charge in [-0.2, -0.15) is 0 Å². The van der Waals surface area contributed by atoms with Gasteiger partial charge in [-0.05, 0) is 67.3 Å². The number of unbranched alkanes of at least 4 members (excludes halogenated alkanes) is 3. The van der Waals surface area contributed by atoms with Crippen molar-refractivity contribution in [2.75, 3.05) is 34.0 Å². The third kappa shape index (κ3) is 8.76. The van der Waals surface area contributed by atoms with E-state index < -0.39 is 43.5 Å². The maximum atomic E-state index is 13.1. The number of aromatic amines is 1. The van der Waals surface area contributed by atoms with Crippen LogP contribution in [-0.4, -0.2) is 55.7 Å². The maximum absolute atomic E-state index is 13.1. The van der Waals surface area contributed by atoms with Crippen LogP contribution < -0.4 is 26.5 Å². The molecule has 1 unspecified atom stereocenters. The van der Waals surface area contributed by atoms with Gasteiger partial charge in [0.2, 0.25) is 0 Å². The van der Waals surface area contributed by atoms with E-state index in [0.29, 0.717) is 23.6 Å². The minimum Gasteiger partial charge on any atom is -0.497 e. The van der Waals surface area contributed by atoms with Gasteiger partial charge in [0.05, 0.1) is 20.8 Å². The molecule has 4 aromatic rings. The van der Waals surface area contributed by atoms with E-state index in [1.807, 2.05) is 78.9 Å². The lowest BCUT2D eigenvalue weighted by Gasteiger charge is -2.37. The van der Waals surface area contributed by atoms with Crippen LogP contribution >= 0.6 is 8.25 Å². The number of methoxy groups -OCH3 is 2. The topological polar surface area (TPSA) is 153 Å². The van der Waals surface area contributed by atoms with Crippen molar-refractivity contribution in [3.63, 3.8) is 0 Å². The number of nitrogens with two attached hydrogens (primary N) is 1. The number of nitrogens with zero attached hydrogens (tertiary/aromatic N) is 1. The van der Waals surface area contributed by atoms with Gasteiger partial charge >= 0.3 is 13.9 Å². The van der Waals surface area contributed by atoms with Crippen LogP contribution in [0.1, 0.15) is 60.6 Å². The summed E-state index contributed by atoms with van der Waals surface area (Å²) >= 11 is 0. The average Bonchev–Trinajstić information content (AvgIpc) is 3.54. The van der Waals surface area contributed by atoms with Gasteiger partial charge in [-0.25, -0.2) is 4.79 Å². The lowest BCUT2D eigenvalue weighted by atomic mass is 9.80. The molecule has 1 saturated heterocycles. The SMILES string of the molecule is COc1ccc(C(OC[C@H]2O[C@@H](n3cc(C)c(=O)[nH]c3=O)C[C@@H]2O[P+](=O)OCCCCCCN)(c2ccccc2)c2ccc(OC)cc2)cc1. The fourth-order valence-electron chi connectivity index (χ4n) is 6.09. The van der Waals surface area contributed by atoms with Crippen molar-refractivity contribution < 1.29 is 32.6 Å². The first-order valence-corrected chi connectivity index (χ1v) is 17.8. The summed E-state index contributed by atoms with van der Waals surface area (Å²) in [4.78, 5) is 27.3. The third-order valence-corrected chi connectivity index (χ3v) is 9.63. The highest BCUT2D eigenvalue weighted by atomic mass is 31.1. The van der Waals surface area contributed by atoms with Crippen LogP contribution in [0.25, 0.3) is 0 Å². The second kappa shape index (κ2) is 17.7. The van der Waals surface area contributed by atoms with Gasteiger partial charge in [0.25, 0.3) is 5.56 Å².